The summed E-state index contributed by atoms with van der Waals surface area (Å²) in [6.07, 6.45) is 5.74. The van der Waals surface area contributed by atoms with Crippen LogP contribution in [0.4, 0.5) is 0 Å². The Hall–Kier alpha value is -3.39. The summed E-state index contributed by atoms with van der Waals surface area (Å²) < 4.78 is 0. The van der Waals surface area contributed by atoms with Crippen molar-refractivity contribution >= 4 is 23.0 Å². The molecule has 0 saturated carbocycles. The fourth-order valence-corrected chi connectivity index (χ4v) is 2.46. The first-order valence-corrected chi connectivity index (χ1v) is 7.64. The molecule has 0 aliphatic rings. The number of H-pyrrole nitrogens is 1. The first-order valence-electron chi connectivity index (χ1n) is 7.64. The van der Waals surface area contributed by atoms with Gasteiger partial charge in [0.15, 0.2) is 0 Å². The van der Waals surface area contributed by atoms with Crippen LogP contribution in [0.3, 0.4) is 0 Å². The van der Waals surface area contributed by atoms with Crippen molar-refractivity contribution < 1.29 is 4.79 Å². The molecular weight excluding hydrogens is 300 g/mol. The Kier molecular flexibility index (Phi) is 4.68. The van der Waals surface area contributed by atoms with Gasteiger partial charge in [-0.15, -0.1) is 0 Å². The molecule has 2 N–H and O–H groups in total. The lowest BCUT2D eigenvalue weighted by molar-refractivity contribution is -0.117. The van der Waals surface area contributed by atoms with Crippen LogP contribution in [0.25, 0.3) is 17.1 Å². The summed E-state index contributed by atoms with van der Waals surface area (Å²) in [4.78, 5) is 19.4. The Bertz CT molecular complexity index is 919. The maximum atomic E-state index is 12.2. The zero-order valence-corrected chi connectivity index (χ0v) is 13.0. The highest BCUT2D eigenvalue weighted by Gasteiger charge is 2.10. The molecule has 0 atom stereocenters. The van der Waals surface area contributed by atoms with E-state index in [9.17, 15) is 10.1 Å². The van der Waals surface area contributed by atoms with E-state index in [0.29, 0.717) is 6.54 Å². The zero-order chi connectivity index (χ0) is 16.8. The van der Waals surface area contributed by atoms with Crippen LogP contribution < -0.4 is 5.32 Å². The molecule has 0 unspecified atom stereocenters. The molecule has 0 aliphatic carbocycles. The highest BCUT2D eigenvalue weighted by atomic mass is 16.1. The van der Waals surface area contributed by atoms with Gasteiger partial charge in [0.05, 0.1) is 0 Å². The minimum absolute atomic E-state index is 0.0767. The van der Waals surface area contributed by atoms with Crippen LogP contribution in [0.2, 0.25) is 0 Å². The number of fused-ring (bicyclic) bond motifs is 1. The number of aromatic nitrogens is 2. The average molecular weight is 316 g/mol. The topological polar surface area (TPSA) is 81.6 Å². The van der Waals surface area contributed by atoms with Crippen LogP contribution in [0.1, 0.15) is 11.1 Å². The Morgan fingerprint density at radius 2 is 2.08 bits per heavy atom. The fourth-order valence-electron chi connectivity index (χ4n) is 2.46. The van der Waals surface area contributed by atoms with Gasteiger partial charge in [-0.05, 0) is 30.2 Å². The minimum Gasteiger partial charge on any atom is -0.351 e. The van der Waals surface area contributed by atoms with E-state index >= 15 is 0 Å². The zero-order valence-electron chi connectivity index (χ0n) is 13.0. The van der Waals surface area contributed by atoms with Gasteiger partial charge in [0.2, 0.25) is 0 Å². The number of hydrogen-bond donors (Lipinski definition) is 2. The van der Waals surface area contributed by atoms with Crippen LogP contribution in [0.5, 0.6) is 0 Å². The van der Waals surface area contributed by atoms with E-state index in [-0.39, 0.29) is 11.5 Å². The van der Waals surface area contributed by atoms with E-state index in [2.05, 4.69) is 15.3 Å². The molecule has 5 nitrogen and oxygen atoms in total. The van der Waals surface area contributed by atoms with Crippen LogP contribution in [-0.2, 0) is 11.2 Å². The molecule has 118 valence electrons. The van der Waals surface area contributed by atoms with Gasteiger partial charge >= 0.3 is 0 Å². The largest absolute Gasteiger partial charge is 0.351 e. The number of rotatable bonds is 5. The third-order valence-electron chi connectivity index (χ3n) is 3.69. The summed E-state index contributed by atoms with van der Waals surface area (Å²) in [6, 6.07) is 15.6. The second-order valence-electron chi connectivity index (χ2n) is 5.30. The molecule has 0 saturated heterocycles. The number of pyridine rings is 1. The van der Waals surface area contributed by atoms with Crippen molar-refractivity contribution in [2.45, 2.75) is 6.42 Å². The number of nitrogens with zero attached hydrogens (tertiary/aromatic N) is 2. The predicted molar refractivity (Wildman–Crippen MR) is 92.8 cm³/mol. The normalized spacial score (nSPS) is 11.2. The summed E-state index contributed by atoms with van der Waals surface area (Å²) in [5.41, 5.74) is 2.72. The lowest BCUT2D eigenvalue weighted by Gasteiger charge is -2.04. The number of amides is 1. The summed E-state index contributed by atoms with van der Waals surface area (Å²) >= 11 is 0. The van der Waals surface area contributed by atoms with Gasteiger partial charge in [-0.1, -0.05) is 30.3 Å². The molecule has 24 heavy (non-hydrogen) atoms. The summed E-state index contributed by atoms with van der Waals surface area (Å²) in [5, 5.41) is 12.9. The third-order valence-corrected chi connectivity index (χ3v) is 3.69. The van der Waals surface area contributed by atoms with Gasteiger partial charge in [0.25, 0.3) is 5.91 Å². The molecule has 0 radical (unpaired) electrons. The maximum absolute atomic E-state index is 12.2. The van der Waals surface area contributed by atoms with Crippen molar-refractivity contribution in [3.63, 3.8) is 0 Å². The summed E-state index contributed by atoms with van der Waals surface area (Å²) in [7, 11) is 0. The Morgan fingerprint density at radius 1 is 1.25 bits per heavy atom. The van der Waals surface area contributed by atoms with Crippen molar-refractivity contribution in [3.8, 4) is 6.07 Å². The number of aromatic amines is 1. The number of nitriles is 1. The highest BCUT2D eigenvalue weighted by Crippen LogP contribution is 2.18. The van der Waals surface area contributed by atoms with Gasteiger partial charge in [-0.25, -0.2) is 4.98 Å². The van der Waals surface area contributed by atoms with Crippen LogP contribution in [0.15, 0.2) is 60.4 Å². The molecule has 2 aromatic heterocycles. The number of benzene rings is 1. The van der Waals surface area contributed by atoms with Crippen molar-refractivity contribution in [1.29, 1.82) is 5.26 Å². The predicted octanol–water partition coefficient (Wildman–Crippen LogP) is 2.83. The average Bonchev–Trinajstić information content (AvgIpc) is 3.03. The second-order valence-corrected chi connectivity index (χ2v) is 5.30. The van der Waals surface area contributed by atoms with E-state index in [0.717, 1.165) is 28.6 Å². The number of carbonyl (C=O) groups is 1. The molecule has 3 aromatic rings. The smallest absolute Gasteiger partial charge is 0.261 e. The molecule has 1 amide bonds. The van der Waals surface area contributed by atoms with Crippen LogP contribution >= 0.6 is 0 Å². The number of carbonyl (C=O) groups excluding carboxylic acids is 1. The van der Waals surface area contributed by atoms with Gasteiger partial charge in [0.1, 0.15) is 17.3 Å². The molecule has 3 rings (SSSR count). The van der Waals surface area contributed by atoms with E-state index in [1.807, 2.05) is 48.5 Å². The molecular formula is C19H16N4O. The SMILES string of the molecule is N#C/C(=C\c1c[nH]c2ncccc12)C(=O)NCCc1ccccc1. The van der Waals surface area contributed by atoms with Gasteiger partial charge < -0.3 is 10.3 Å². The van der Waals surface area contributed by atoms with Gasteiger partial charge in [-0.2, -0.15) is 5.26 Å². The highest BCUT2D eigenvalue weighted by molar-refractivity contribution is 6.03. The van der Waals surface area contributed by atoms with Crippen molar-refractivity contribution in [3.05, 3.63) is 71.6 Å². The van der Waals surface area contributed by atoms with Crippen LogP contribution in [0, 0.1) is 11.3 Å². The molecule has 1 aromatic carbocycles. The summed E-state index contributed by atoms with van der Waals surface area (Å²) in [5.74, 6) is -0.369. The molecule has 0 bridgehead atoms. The Balaban J connectivity index is 1.69. The number of nitrogens with one attached hydrogen (secondary N) is 2. The van der Waals surface area contributed by atoms with Gasteiger partial charge in [0, 0.05) is 29.9 Å². The van der Waals surface area contributed by atoms with Crippen LogP contribution in [-0.4, -0.2) is 22.4 Å². The number of hydrogen-bond acceptors (Lipinski definition) is 3. The molecule has 5 heteroatoms. The molecule has 0 aliphatic heterocycles. The molecule has 2 heterocycles. The van der Waals surface area contributed by atoms with Crippen molar-refractivity contribution in [2.24, 2.45) is 0 Å². The first kappa shape index (κ1) is 15.5. The minimum atomic E-state index is -0.369. The first-order chi connectivity index (χ1) is 11.8. The van der Waals surface area contributed by atoms with Crippen molar-refractivity contribution in [1.82, 2.24) is 15.3 Å². The molecule has 0 fully saturated rings. The van der Waals surface area contributed by atoms with E-state index in [1.54, 1.807) is 18.5 Å². The quantitative estimate of drug-likeness (QED) is 0.561. The van der Waals surface area contributed by atoms with E-state index < -0.39 is 0 Å². The Labute approximate surface area is 139 Å². The standard InChI is InChI=1S/C19H16N4O/c20-12-15(11-16-13-23-18-17(16)7-4-9-21-18)19(24)22-10-8-14-5-2-1-3-6-14/h1-7,9,11,13H,8,10H2,(H,21,23)(H,22,24)/b15-11+. The monoisotopic (exact) mass is 316 g/mol. The van der Waals surface area contributed by atoms with E-state index in [4.69, 9.17) is 0 Å². The summed E-state index contributed by atoms with van der Waals surface area (Å²) in [6.45, 7) is 0.483. The molecule has 0 spiro atoms. The van der Waals surface area contributed by atoms with Gasteiger partial charge in [-0.3, -0.25) is 4.79 Å². The second kappa shape index (κ2) is 7.25. The fraction of sp³-hybridized carbons (Fsp3) is 0.105. The lowest BCUT2D eigenvalue weighted by atomic mass is 10.1. The van der Waals surface area contributed by atoms with Crippen molar-refractivity contribution in [2.75, 3.05) is 6.54 Å². The van der Waals surface area contributed by atoms with E-state index in [1.165, 1.54) is 0 Å². The maximum Gasteiger partial charge on any atom is 0.261 e. The third kappa shape index (κ3) is 3.50. The Morgan fingerprint density at radius 3 is 2.88 bits per heavy atom. The lowest BCUT2D eigenvalue weighted by Crippen LogP contribution is -2.26.